The first-order chi connectivity index (χ1) is 8.61. The Morgan fingerprint density at radius 1 is 1.72 bits per heavy atom. The Hall–Kier alpha value is -1.89. The highest BCUT2D eigenvalue weighted by molar-refractivity contribution is 5.93. The molecule has 1 unspecified atom stereocenters. The van der Waals surface area contributed by atoms with Crippen LogP contribution in [0.5, 0.6) is 0 Å². The molecule has 18 heavy (non-hydrogen) atoms. The molecule has 2 heterocycles. The molecule has 1 aromatic rings. The summed E-state index contributed by atoms with van der Waals surface area (Å²) in [5.74, 6) is 0.297. The molecule has 0 saturated carbocycles. The number of H-pyrrole nitrogens is 1. The molecule has 0 aliphatic carbocycles. The molecule has 0 bridgehead atoms. The van der Waals surface area contributed by atoms with Gasteiger partial charge in [-0.1, -0.05) is 0 Å². The molecular weight excluding hydrogens is 236 g/mol. The number of carbonyl (C=O) groups excluding carboxylic acids is 1. The Balaban J connectivity index is 2.01. The van der Waals surface area contributed by atoms with Gasteiger partial charge in [-0.05, 0) is 25.9 Å². The Morgan fingerprint density at radius 2 is 2.50 bits per heavy atom. The summed E-state index contributed by atoms with van der Waals surface area (Å²) in [4.78, 5) is 26.5. The van der Waals surface area contributed by atoms with Gasteiger partial charge in [-0.2, -0.15) is 0 Å². The van der Waals surface area contributed by atoms with Crippen LogP contribution in [0.2, 0.25) is 0 Å². The standard InChI is InChI=1S/C11H16N4O3/c1-12-5-8-2-3-14(7-8)11(16)10-4-9(6-13-10)15(17)18/h4,6,8,12-13H,2-3,5,7H2,1H3. The van der Waals surface area contributed by atoms with Gasteiger partial charge in [0.15, 0.2) is 0 Å². The SMILES string of the molecule is CNCC1CCN(C(=O)c2cc([N+](=O)[O-])c[nH]2)C1. The molecule has 1 atom stereocenters. The van der Waals surface area contributed by atoms with Gasteiger partial charge in [-0.25, -0.2) is 0 Å². The topological polar surface area (TPSA) is 91.3 Å². The molecule has 1 aliphatic rings. The second-order valence-corrected chi connectivity index (χ2v) is 4.49. The van der Waals surface area contributed by atoms with Crippen molar-refractivity contribution in [1.29, 1.82) is 0 Å². The van der Waals surface area contributed by atoms with Crippen molar-refractivity contribution in [3.63, 3.8) is 0 Å². The molecule has 7 heteroatoms. The lowest BCUT2D eigenvalue weighted by Crippen LogP contribution is -2.30. The van der Waals surface area contributed by atoms with E-state index in [1.807, 2.05) is 7.05 Å². The lowest BCUT2D eigenvalue weighted by atomic mass is 10.1. The number of carbonyl (C=O) groups is 1. The molecule has 0 radical (unpaired) electrons. The number of amides is 1. The van der Waals surface area contributed by atoms with Crippen LogP contribution in [0, 0.1) is 16.0 Å². The van der Waals surface area contributed by atoms with Gasteiger partial charge in [0.2, 0.25) is 0 Å². The number of nitrogens with zero attached hydrogens (tertiary/aromatic N) is 2. The zero-order valence-electron chi connectivity index (χ0n) is 10.2. The largest absolute Gasteiger partial charge is 0.351 e. The molecule has 1 amide bonds. The predicted octanol–water partition coefficient (Wildman–Crippen LogP) is 0.604. The highest BCUT2D eigenvalue weighted by atomic mass is 16.6. The van der Waals surface area contributed by atoms with Crippen LogP contribution >= 0.6 is 0 Å². The van der Waals surface area contributed by atoms with Crippen LogP contribution in [0.25, 0.3) is 0 Å². The van der Waals surface area contributed by atoms with Crippen LogP contribution in [0.3, 0.4) is 0 Å². The summed E-state index contributed by atoms with van der Waals surface area (Å²) >= 11 is 0. The molecule has 7 nitrogen and oxygen atoms in total. The summed E-state index contributed by atoms with van der Waals surface area (Å²) in [7, 11) is 1.89. The second-order valence-electron chi connectivity index (χ2n) is 4.49. The van der Waals surface area contributed by atoms with E-state index in [1.54, 1.807) is 4.90 Å². The Kier molecular flexibility index (Phi) is 3.61. The van der Waals surface area contributed by atoms with Crippen LogP contribution in [-0.2, 0) is 0 Å². The monoisotopic (exact) mass is 252 g/mol. The van der Waals surface area contributed by atoms with Crippen molar-refractivity contribution in [3.8, 4) is 0 Å². The zero-order valence-corrected chi connectivity index (χ0v) is 10.2. The molecule has 1 aromatic heterocycles. The fourth-order valence-corrected chi connectivity index (χ4v) is 2.25. The van der Waals surface area contributed by atoms with Crippen LogP contribution in [0.4, 0.5) is 5.69 Å². The molecule has 2 rings (SSSR count). The number of rotatable bonds is 4. The van der Waals surface area contributed by atoms with Crippen molar-refractivity contribution in [1.82, 2.24) is 15.2 Å². The highest BCUT2D eigenvalue weighted by Gasteiger charge is 2.27. The first-order valence-corrected chi connectivity index (χ1v) is 5.88. The maximum Gasteiger partial charge on any atom is 0.287 e. The van der Waals surface area contributed by atoms with Crippen molar-refractivity contribution >= 4 is 11.6 Å². The summed E-state index contributed by atoms with van der Waals surface area (Å²) in [6.07, 6.45) is 2.21. The van der Waals surface area contributed by atoms with Gasteiger partial charge in [0.25, 0.3) is 11.6 Å². The number of hydrogen-bond donors (Lipinski definition) is 2. The minimum atomic E-state index is -0.513. The Morgan fingerprint density at radius 3 is 3.11 bits per heavy atom. The average Bonchev–Trinajstić information content (AvgIpc) is 2.97. The van der Waals surface area contributed by atoms with Crippen LogP contribution < -0.4 is 5.32 Å². The summed E-state index contributed by atoms with van der Waals surface area (Å²) in [5, 5.41) is 13.6. The Labute approximate surface area is 104 Å². The van der Waals surface area contributed by atoms with Crippen LogP contribution in [0.15, 0.2) is 12.3 Å². The number of nitro groups is 1. The van der Waals surface area contributed by atoms with E-state index in [9.17, 15) is 14.9 Å². The van der Waals surface area contributed by atoms with Crippen molar-refractivity contribution in [2.24, 2.45) is 5.92 Å². The molecule has 1 saturated heterocycles. The first-order valence-electron chi connectivity index (χ1n) is 5.88. The molecular formula is C11H16N4O3. The molecule has 0 aromatic carbocycles. The van der Waals surface area contributed by atoms with Gasteiger partial charge in [0, 0.05) is 19.2 Å². The van der Waals surface area contributed by atoms with E-state index in [0.717, 1.165) is 13.0 Å². The van der Waals surface area contributed by atoms with Crippen molar-refractivity contribution in [2.45, 2.75) is 6.42 Å². The van der Waals surface area contributed by atoms with Gasteiger partial charge in [0.1, 0.15) is 5.69 Å². The van der Waals surface area contributed by atoms with Gasteiger partial charge in [-0.15, -0.1) is 0 Å². The van der Waals surface area contributed by atoms with E-state index in [4.69, 9.17) is 0 Å². The summed E-state index contributed by atoms with van der Waals surface area (Å²) in [6, 6.07) is 1.29. The fourth-order valence-electron chi connectivity index (χ4n) is 2.25. The lowest BCUT2D eigenvalue weighted by molar-refractivity contribution is -0.384. The van der Waals surface area contributed by atoms with Gasteiger partial charge < -0.3 is 15.2 Å². The normalized spacial score (nSPS) is 19.2. The van der Waals surface area contributed by atoms with Gasteiger partial charge >= 0.3 is 0 Å². The summed E-state index contributed by atoms with van der Waals surface area (Å²) < 4.78 is 0. The number of aromatic amines is 1. The van der Waals surface area contributed by atoms with E-state index in [2.05, 4.69) is 10.3 Å². The maximum absolute atomic E-state index is 12.1. The minimum absolute atomic E-state index is 0.0793. The zero-order chi connectivity index (χ0) is 13.1. The fraction of sp³-hybridized carbons (Fsp3) is 0.545. The van der Waals surface area contributed by atoms with Crippen LogP contribution in [0.1, 0.15) is 16.9 Å². The van der Waals surface area contributed by atoms with Crippen molar-refractivity contribution in [3.05, 3.63) is 28.1 Å². The third-order valence-corrected chi connectivity index (χ3v) is 3.17. The summed E-state index contributed by atoms with van der Waals surface area (Å²) in [5.41, 5.74) is 0.205. The second kappa shape index (κ2) is 5.18. The highest BCUT2D eigenvalue weighted by Crippen LogP contribution is 2.19. The quantitative estimate of drug-likeness (QED) is 0.606. The molecule has 98 valence electrons. The number of aromatic nitrogens is 1. The third kappa shape index (κ3) is 2.51. The van der Waals surface area contributed by atoms with E-state index < -0.39 is 4.92 Å². The molecule has 1 aliphatic heterocycles. The van der Waals surface area contributed by atoms with Gasteiger partial charge in [0.05, 0.1) is 11.1 Å². The predicted molar refractivity (Wildman–Crippen MR) is 65.4 cm³/mol. The van der Waals surface area contributed by atoms with E-state index in [0.29, 0.717) is 19.0 Å². The maximum atomic E-state index is 12.1. The van der Waals surface area contributed by atoms with E-state index in [1.165, 1.54) is 12.3 Å². The van der Waals surface area contributed by atoms with E-state index >= 15 is 0 Å². The van der Waals surface area contributed by atoms with Crippen molar-refractivity contribution < 1.29 is 9.72 Å². The Bertz CT molecular complexity index is 457. The van der Waals surface area contributed by atoms with Crippen molar-refractivity contribution in [2.75, 3.05) is 26.7 Å². The number of likely N-dealkylation sites (tertiary alicyclic amines) is 1. The first kappa shape index (κ1) is 12.6. The third-order valence-electron chi connectivity index (χ3n) is 3.17. The number of hydrogen-bond acceptors (Lipinski definition) is 4. The van der Waals surface area contributed by atoms with Crippen LogP contribution in [-0.4, -0.2) is 47.4 Å². The minimum Gasteiger partial charge on any atom is -0.351 e. The molecule has 2 N–H and O–H groups in total. The van der Waals surface area contributed by atoms with E-state index in [-0.39, 0.29) is 17.3 Å². The molecule has 1 fully saturated rings. The smallest absolute Gasteiger partial charge is 0.287 e. The van der Waals surface area contributed by atoms with Gasteiger partial charge in [-0.3, -0.25) is 14.9 Å². The number of nitrogens with one attached hydrogen (secondary N) is 2. The lowest BCUT2D eigenvalue weighted by Gasteiger charge is -2.15. The summed E-state index contributed by atoms with van der Waals surface area (Å²) in [6.45, 7) is 2.29. The molecule has 0 spiro atoms. The average molecular weight is 252 g/mol.